The number of anilines is 3. The Morgan fingerprint density at radius 1 is 0.639 bits per heavy atom. The Kier molecular flexibility index (Phi) is 4.10. The Hall–Kier alpha value is -4.24. The summed E-state index contributed by atoms with van der Waals surface area (Å²) in [5.74, 6) is 1.95. The van der Waals surface area contributed by atoms with Crippen molar-refractivity contribution in [2.45, 2.75) is 19.8 Å². The van der Waals surface area contributed by atoms with Crippen LogP contribution in [0.1, 0.15) is 16.7 Å². The van der Waals surface area contributed by atoms with Gasteiger partial charge in [0, 0.05) is 16.9 Å². The predicted molar refractivity (Wildman–Crippen MR) is 150 cm³/mol. The highest BCUT2D eigenvalue weighted by Gasteiger charge is 2.43. The van der Waals surface area contributed by atoms with E-state index in [9.17, 15) is 0 Å². The van der Waals surface area contributed by atoms with Gasteiger partial charge in [-0.3, -0.25) is 0 Å². The number of ether oxygens (including phenoxy) is 1. The van der Waals surface area contributed by atoms with Crippen LogP contribution in [0.15, 0.2) is 103 Å². The first-order valence-corrected chi connectivity index (χ1v) is 12.8. The van der Waals surface area contributed by atoms with Crippen LogP contribution in [-0.4, -0.2) is 6.71 Å². The van der Waals surface area contributed by atoms with E-state index in [0.29, 0.717) is 0 Å². The molecule has 0 N–H and O–H groups in total. The monoisotopic (exact) mass is 461 g/mol. The second-order valence-corrected chi connectivity index (χ2v) is 10.2. The topological polar surface area (TPSA) is 12.5 Å². The molecule has 1 aliphatic carbocycles. The largest absolute Gasteiger partial charge is 0.458 e. The van der Waals surface area contributed by atoms with Crippen molar-refractivity contribution in [2.75, 3.05) is 4.90 Å². The van der Waals surface area contributed by atoms with Crippen LogP contribution in [0.3, 0.4) is 0 Å². The van der Waals surface area contributed by atoms with Crippen LogP contribution in [0, 0.1) is 6.92 Å². The number of nitrogens with zero attached hydrogens (tertiary/aromatic N) is 1. The summed E-state index contributed by atoms with van der Waals surface area (Å²) in [5.41, 5.74) is 14.3. The molecule has 36 heavy (non-hydrogen) atoms. The Morgan fingerprint density at radius 2 is 1.39 bits per heavy atom. The molecule has 0 bridgehead atoms. The van der Waals surface area contributed by atoms with Crippen molar-refractivity contribution < 1.29 is 4.74 Å². The third-order valence-corrected chi connectivity index (χ3v) is 8.04. The quantitative estimate of drug-likeness (QED) is 0.286. The highest BCUT2D eigenvalue weighted by Crippen LogP contribution is 2.45. The van der Waals surface area contributed by atoms with Crippen LogP contribution < -0.4 is 26.0 Å². The zero-order valence-corrected chi connectivity index (χ0v) is 20.2. The Labute approximate surface area is 211 Å². The maximum Gasteiger partial charge on any atom is 0.256 e. The SMILES string of the molecule is Cc1cc2c3c(c1)N(c1ccccc1-c1ccccc1)c1cc4c(cc1B3c1ccccc1O2)CC4. The fraction of sp³-hybridized carbons (Fsp3) is 0.0909. The first-order chi connectivity index (χ1) is 17.8. The van der Waals surface area contributed by atoms with E-state index in [4.69, 9.17) is 4.74 Å². The molecule has 0 saturated heterocycles. The molecule has 2 nitrogen and oxygen atoms in total. The summed E-state index contributed by atoms with van der Waals surface area (Å²) in [5, 5.41) is 0. The van der Waals surface area contributed by atoms with E-state index in [1.54, 1.807) is 0 Å². The molecular weight excluding hydrogens is 437 g/mol. The molecule has 5 aromatic carbocycles. The summed E-state index contributed by atoms with van der Waals surface area (Å²) in [6.45, 7) is 2.34. The van der Waals surface area contributed by atoms with Crippen molar-refractivity contribution in [2.24, 2.45) is 0 Å². The molecule has 2 heterocycles. The van der Waals surface area contributed by atoms with Crippen LogP contribution in [0.25, 0.3) is 11.1 Å². The molecule has 170 valence electrons. The van der Waals surface area contributed by atoms with Gasteiger partial charge in [-0.2, -0.15) is 0 Å². The first kappa shape index (κ1) is 20.0. The van der Waals surface area contributed by atoms with Crippen LogP contribution >= 0.6 is 0 Å². The van der Waals surface area contributed by atoms with E-state index in [1.165, 1.54) is 67.7 Å². The maximum atomic E-state index is 6.56. The van der Waals surface area contributed by atoms with Gasteiger partial charge in [-0.1, -0.05) is 72.8 Å². The van der Waals surface area contributed by atoms with Crippen LogP contribution in [0.2, 0.25) is 0 Å². The molecule has 8 rings (SSSR count). The Bertz CT molecular complexity index is 1690. The van der Waals surface area contributed by atoms with Gasteiger partial charge in [-0.15, -0.1) is 0 Å². The molecule has 5 aromatic rings. The van der Waals surface area contributed by atoms with Gasteiger partial charge < -0.3 is 9.64 Å². The van der Waals surface area contributed by atoms with Gasteiger partial charge in [-0.25, -0.2) is 0 Å². The van der Waals surface area contributed by atoms with Crippen molar-refractivity contribution >= 4 is 40.2 Å². The van der Waals surface area contributed by atoms with Crippen molar-refractivity contribution in [1.82, 2.24) is 0 Å². The van der Waals surface area contributed by atoms with E-state index in [0.717, 1.165) is 17.9 Å². The highest BCUT2D eigenvalue weighted by molar-refractivity contribution is 6.99. The maximum absolute atomic E-state index is 6.56. The van der Waals surface area contributed by atoms with Crippen LogP contribution in [-0.2, 0) is 12.8 Å². The molecule has 0 fully saturated rings. The van der Waals surface area contributed by atoms with E-state index in [2.05, 4.69) is 115 Å². The van der Waals surface area contributed by atoms with Gasteiger partial charge in [-0.05, 0) is 88.7 Å². The number of hydrogen-bond donors (Lipinski definition) is 0. The molecule has 3 heteroatoms. The van der Waals surface area contributed by atoms with Gasteiger partial charge in [0.2, 0.25) is 0 Å². The lowest BCUT2D eigenvalue weighted by molar-refractivity contribution is 0.487. The summed E-state index contributed by atoms with van der Waals surface area (Å²) in [6.07, 6.45) is 2.33. The third kappa shape index (κ3) is 2.74. The van der Waals surface area contributed by atoms with Crippen molar-refractivity contribution in [3.63, 3.8) is 0 Å². The number of hydrogen-bond acceptors (Lipinski definition) is 2. The molecule has 2 aliphatic heterocycles. The Morgan fingerprint density at radius 3 is 2.25 bits per heavy atom. The molecule has 3 aliphatic rings. The summed E-state index contributed by atoms with van der Waals surface area (Å²) in [4.78, 5) is 2.50. The molecule has 0 atom stereocenters. The van der Waals surface area contributed by atoms with Gasteiger partial charge in [0.05, 0.1) is 5.69 Å². The number of rotatable bonds is 2. The number of aryl methyl sites for hydroxylation is 3. The second kappa shape index (κ2) is 7.38. The minimum absolute atomic E-state index is 0.168. The van der Waals surface area contributed by atoms with Gasteiger partial charge in [0.15, 0.2) is 0 Å². The molecule has 0 aromatic heterocycles. The number of benzene rings is 5. The molecule has 0 radical (unpaired) electrons. The van der Waals surface area contributed by atoms with E-state index >= 15 is 0 Å². The zero-order chi connectivity index (χ0) is 23.8. The van der Waals surface area contributed by atoms with Gasteiger partial charge >= 0.3 is 0 Å². The lowest BCUT2D eigenvalue weighted by Crippen LogP contribution is -2.59. The first-order valence-electron chi connectivity index (χ1n) is 12.8. The fourth-order valence-corrected chi connectivity index (χ4v) is 6.31. The van der Waals surface area contributed by atoms with Crippen molar-refractivity contribution in [3.05, 3.63) is 120 Å². The third-order valence-electron chi connectivity index (χ3n) is 8.04. The lowest BCUT2D eigenvalue weighted by Gasteiger charge is -2.42. The number of para-hydroxylation sites is 2. The minimum atomic E-state index is 0.168. The Balaban J connectivity index is 1.47. The molecule has 0 unspecified atom stereocenters. The normalized spacial score (nSPS) is 14.1. The second-order valence-electron chi connectivity index (χ2n) is 10.2. The van der Waals surface area contributed by atoms with Gasteiger partial charge in [0.25, 0.3) is 6.71 Å². The lowest BCUT2D eigenvalue weighted by atomic mass is 9.34. The number of fused-ring (bicyclic) bond motifs is 5. The molecule has 0 amide bonds. The van der Waals surface area contributed by atoms with E-state index in [1.807, 2.05) is 0 Å². The molecule has 0 saturated carbocycles. The zero-order valence-electron chi connectivity index (χ0n) is 20.2. The van der Waals surface area contributed by atoms with Crippen LogP contribution in [0.4, 0.5) is 17.1 Å². The fourth-order valence-electron chi connectivity index (χ4n) is 6.31. The molecular formula is C33H24BNO. The van der Waals surface area contributed by atoms with E-state index < -0.39 is 0 Å². The van der Waals surface area contributed by atoms with E-state index in [-0.39, 0.29) is 6.71 Å². The smallest absolute Gasteiger partial charge is 0.256 e. The standard InChI is InChI=1S/C33H24BNO/c1-21-17-30-33-32(18-21)36-31-14-8-6-12-26(31)34(33)27-19-23-15-16-24(23)20-29(27)35(30)28-13-7-5-11-25(28)22-9-3-2-4-10-22/h2-14,17-20H,15-16H2,1H3. The average Bonchev–Trinajstić information content (AvgIpc) is 2.90. The summed E-state index contributed by atoms with van der Waals surface area (Å²) in [7, 11) is 0. The summed E-state index contributed by atoms with van der Waals surface area (Å²) < 4.78 is 6.56. The van der Waals surface area contributed by atoms with Crippen molar-refractivity contribution in [1.29, 1.82) is 0 Å². The predicted octanol–water partition coefficient (Wildman–Crippen LogP) is 6.17. The summed E-state index contributed by atoms with van der Waals surface area (Å²) in [6, 6.07) is 37.6. The molecule has 0 spiro atoms. The highest BCUT2D eigenvalue weighted by atomic mass is 16.5. The van der Waals surface area contributed by atoms with Crippen molar-refractivity contribution in [3.8, 4) is 22.6 Å². The van der Waals surface area contributed by atoms with Crippen LogP contribution in [0.5, 0.6) is 11.5 Å². The minimum Gasteiger partial charge on any atom is -0.458 e. The van der Waals surface area contributed by atoms with Gasteiger partial charge in [0.1, 0.15) is 11.5 Å². The average molecular weight is 461 g/mol. The summed E-state index contributed by atoms with van der Waals surface area (Å²) >= 11 is 0.